The number of nitrogens with one attached hydrogen (secondary N) is 2. The fraction of sp³-hybridized carbons (Fsp3) is 0.238. The highest BCUT2D eigenvalue weighted by atomic mass is 15.2. The molecule has 3 heterocycles. The van der Waals surface area contributed by atoms with Gasteiger partial charge >= 0.3 is 0 Å². The van der Waals surface area contributed by atoms with Crippen LogP contribution in [0.15, 0.2) is 60.9 Å². The standard InChI is InChI=1S/C21H21N5/c1-2-6-20-19(5-1)24-21(25-20)14-26-11-9-16(13-26)23-18-7-3-4-15-12-22-10-8-17(15)18/h1-8,10,12,16,23H,9,11,13-14H2,(H,24,25)/t16-/m1/s1. The predicted octanol–water partition coefficient (Wildman–Crippen LogP) is 3.80. The van der Waals surface area contributed by atoms with E-state index in [1.165, 1.54) is 16.5 Å². The van der Waals surface area contributed by atoms with E-state index >= 15 is 0 Å². The Morgan fingerprint density at radius 2 is 2.08 bits per heavy atom. The average molecular weight is 343 g/mol. The van der Waals surface area contributed by atoms with E-state index in [1.807, 2.05) is 24.5 Å². The Labute approximate surface area is 152 Å². The molecular weight excluding hydrogens is 322 g/mol. The largest absolute Gasteiger partial charge is 0.380 e. The molecule has 0 radical (unpaired) electrons. The molecule has 1 saturated heterocycles. The van der Waals surface area contributed by atoms with Crippen molar-refractivity contribution in [2.75, 3.05) is 18.4 Å². The van der Waals surface area contributed by atoms with Gasteiger partial charge in [-0.3, -0.25) is 9.88 Å². The molecule has 4 aromatic rings. The van der Waals surface area contributed by atoms with Crippen molar-refractivity contribution in [3.05, 3.63) is 66.7 Å². The molecule has 130 valence electrons. The summed E-state index contributed by atoms with van der Waals surface area (Å²) in [5, 5.41) is 6.14. The first-order valence-electron chi connectivity index (χ1n) is 9.10. The maximum Gasteiger partial charge on any atom is 0.121 e. The molecule has 0 unspecified atom stereocenters. The third kappa shape index (κ3) is 2.91. The summed E-state index contributed by atoms with van der Waals surface area (Å²) in [6.07, 6.45) is 4.92. The van der Waals surface area contributed by atoms with Gasteiger partial charge in [-0.15, -0.1) is 0 Å². The lowest BCUT2D eigenvalue weighted by Crippen LogP contribution is -2.26. The van der Waals surface area contributed by atoms with Crippen LogP contribution in [0, 0.1) is 0 Å². The van der Waals surface area contributed by atoms with Crippen molar-refractivity contribution in [1.82, 2.24) is 19.9 Å². The first-order valence-corrected chi connectivity index (χ1v) is 9.10. The maximum atomic E-state index is 4.70. The minimum absolute atomic E-state index is 0.457. The lowest BCUT2D eigenvalue weighted by atomic mass is 10.1. The second kappa shape index (κ2) is 6.42. The molecule has 1 atom stereocenters. The van der Waals surface area contributed by atoms with E-state index in [4.69, 9.17) is 4.98 Å². The van der Waals surface area contributed by atoms with Gasteiger partial charge in [0.05, 0.1) is 17.6 Å². The Morgan fingerprint density at radius 1 is 1.12 bits per heavy atom. The monoisotopic (exact) mass is 343 g/mol. The fourth-order valence-corrected chi connectivity index (χ4v) is 3.85. The number of hydrogen-bond acceptors (Lipinski definition) is 4. The number of para-hydroxylation sites is 2. The van der Waals surface area contributed by atoms with Crippen molar-refractivity contribution in [2.24, 2.45) is 0 Å². The summed E-state index contributed by atoms with van der Waals surface area (Å²) in [5.74, 6) is 1.04. The highest BCUT2D eigenvalue weighted by molar-refractivity contribution is 5.93. The molecule has 2 aromatic carbocycles. The Hall–Kier alpha value is -2.92. The number of anilines is 1. The number of fused-ring (bicyclic) bond motifs is 2. The number of rotatable bonds is 4. The van der Waals surface area contributed by atoms with Crippen LogP contribution in [0.25, 0.3) is 21.8 Å². The molecule has 26 heavy (non-hydrogen) atoms. The second-order valence-electron chi connectivity index (χ2n) is 6.97. The Balaban J connectivity index is 1.28. The van der Waals surface area contributed by atoms with Gasteiger partial charge < -0.3 is 10.3 Å². The van der Waals surface area contributed by atoms with Crippen molar-refractivity contribution < 1.29 is 0 Å². The molecule has 5 nitrogen and oxygen atoms in total. The molecule has 1 aliphatic rings. The van der Waals surface area contributed by atoms with E-state index in [2.05, 4.69) is 56.6 Å². The molecule has 0 saturated carbocycles. The second-order valence-corrected chi connectivity index (χ2v) is 6.97. The fourth-order valence-electron chi connectivity index (χ4n) is 3.85. The molecule has 0 amide bonds. The number of benzene rings is 2. The number of H-pyrrole nitrogens is 1. The van der Waals surface area contributed by atoms with Gasteiger partial charge in [0.15, 0.2) is 0 Å². The molecular formula is C21H21N5. The number of likely N-dealkylation sites (tertiary alicyclic amines) is 1. The molecule has 0 aliphatic carbocycles. The SMILES string of the molecule is c1cc(N[C@@H]2CCN(Cc3nc4ccccc4[nH]3)C2)c2ccncc2c1. The molecule has 2 N–H and O–H groups in total. The summed E-state index contributed by atoms with van der Waals surface area (Å²) in [6.45, 7) is 2.98. The van der Waals surface area contributed by atoms with Crippen molar-refractivity contribution in [3.8, 4) is 0 Å². The van der Waals surface area contributed by atoms with Crippen molar-refractivity contribution in [2.45, 2.75) is 19.0 Å². The molecule has 0 bridgehead atoms. The van der Waals surface area contributed by atoms with Crippen LogP contribution in [-0.4, -0.2) is 39.0 Å². The normalized spacial score (nSPS) is 17.9. The van der Waals surface area contributed by atoms with Gasteiger partial charge in [-0.1, -0.05) is 24.3 Å². The van der Waals surface area contributed by atoms with Gasteiger partial charge in [0.1, 0.15) is 5.82 Å². The third-order valence-corrected chi connectivity index (χ3v) is 5.12. The van der Waals surface area contributed by atoms with Gasteiger partial charge in [-0.05, 0) is 30.7 Å². The smallest absolute Gasteiger partial charge is 0.121 e. The number of pyridine rings is 1. The molecule has 1 fully saturated rings. The maximum absolute atomic E-state index is 4.70. The van der Waals surface area contributed by atoms with Gasteiger partial charge in [-0.25, -0.2) is 4.98 Å². The first kappa shape index (κ1) is 15.3. The Morgan fingerprint density at radius 3 is 3.04 bits per heavy atom. The van der Waals surface area contributed by atoms with E-state index in [9.17, 15) is 0 Å². The van der Waals surface area contributed by atoms with Gasteiger partial charge in [0, 0.05) is 48.0 Å². The number of aromatic nitrogens is 3. The van der Waals surface area contributed by atoms with Gasteiger partial charge in [0.2, 0.25) is 0 Å². The lowest BCUT2D eigenvalue weighted by Gasteiger charge is -2.17. The summed E-state index contributed by atoms with van der Waals surface area (Å²) >= 11 is 0. The van der Waals surface area contributed by atoms with Gasteiger partial charge in [-0.2, -0.15) is 0 Å². The quantitative estimate of drug-likeness (QED) is 0.592. The zero-order valence-corrected chi connectivity index (χ0v) is 14.5. The van der Waals surface area contributed by atoms with Crippen molar-refractivity contribution >= 4 is 27.5 Å². The van der Waals surface area contributed by atoms with Crippen LogP contribution in [0.2, 0.25) is 0 Å². The lowest BCUT2D eigenvalue weighted by molar-refractivity contribution is 0.321. The van der Waals surface area contributed by atoms with Crippen LogP contribution in [0.3, 0.4) is 0 Å². The summed E-state index contributed by atoms with van der Waals surface area (Å²) in [4.78, 5) is 14.8. The van der Waals surface area contributed by atoms with Crippen molar-refractivity contribution in [3.63, 3.8) is 0 Å². The van der Waals surface area contributed by atoms with Crippen LogP contribution in [-0.2, 0) is 6.54 Å². The minimum atomic E-state index is 0.457. The number of hydrogen-bond donors (Lipinski definition) is 2. The molecule has 2 aromatic heterocycles. The number of nitrogens with zero attached hydrogens (tertiary/aromatic N) is 3. The van der Waals surface area contributed by atoms with E-state index < -0.39 is 0 Å². The van der Waals surface area contributed by atoms with Crippen LogP contribution in [0.5, 0.6) is 0 Å². The number of imidazole rings is 1. The summed E-state index contributed by atoms with van der Waals surface area (Å²) < 4.78 is 0. The first-order chi connectivity index (χ1) is 12.8. The topological polar surface area (TPSA) is 56.8 Å². The Bertz CT molecular complexity index is 1020. The van der Waals surface area contributed by atoms with Crippen LogP contribution in [0.1, 0.15) is 12.2 Å². The van der Waals surface area contributed by atoms with E-state index in [0.717, 1.165) is 42.9 Å². The predicted molar refractivity (Wildman–Crippen MR) is 105 cm³/mol. The third-order valence-electron chi connectivity index (χ3n) is 5.12. The minimum Gasteiger partial charge on any atom is -0.380 e. The van der Waals surface area contributed by atoms with Gasteiger partial charge in [0.25, 0.3) is 0 Å². The van der Waals surface area contributed by atoms with E-state index in [-0.39, 0.29) is 0 Å². The highest BCUT2D eigenvalue weighted by Gasteiger charge is 2.23. The average Bonchev–Trinajstić information content (AvgIpc) is 3.28. The highest BCUT2D eigenvalue weighted by Crippen LogP contribution is 2.25. The van der Waals surface area contributed by atoms with E-state index in [0.29, 0.717) is 6.04 Å². The molecule has 5 heteroatoms. The van der Waals surface area contributed by atoms with Crippen LogP contribution >= 0.6 is 0 Å². The Kier molecular flexibility index (Phi) is 3.79. The van der Waals surface area contributed by atoms with E-state index in [1.54, 1.807) is 0 Å². The zero-order valence-electron chi connectivity index (χ0n) is 14.5. The summed E-state index contributed by atoms with van der Waals surface area (Å²) in [5.41, 5.74) is 3.35. The summed E-state index contributed by atoms with van der Waals surface area (Å²) in [7, 11) is 0. The van der Waals surface area contributed by atoms with Crippen LogP contribution in [0.4, 0.5) is 5.69 Å². The molecule has 0 spiro atoms. The molecule has 1 aliphatic heterocycles. The summed E-state index contributed by atoms with van der Waals surface area (Å²) in [6, 6.07) is 17.1. The molecule has 5 rings (SSSR count). The van der Waals surface area contributed by atoms with Crippen molar-refractivity contribution in [1.29, 1.82) is 0 Å². The van der Waals surface area contributed by atoms with Crippen LogP contribution < -0.4 is 5.32 Å². The zero-order chi connectivity index (χ0) is 17.3. The number of aromatic amines is 1.